The number of fused-ring (bicyclic) bond motifs is 1. The zero-order valence-electron chi connectivity index (χ0n) is 13.5. The van der Waals surface area contributed by atoms with Gasteiger partial charge in [-0.2, -0.15) is 0 Å². The van der Waals surface area contributed by atoms with Gasteiger partial charge in [0.25, 0.3) is 0 Å². The summed E-state index contributed by atoms with van der Waals surface area (Å²) in [6.07, 6.45) is 4.20. The average Bonchev–Trinajstić information content (AvgIpc) is 3.04. The van der Waals surface area contributed by atoms with Gasteiger partial charge in [0.1, 0.15) is 11.6 Å². The van der Waals surface area contributed by atoms with Crippen LogP contribution in [0.25, 0.3) is 0 Å². The fourth-order valence-electron chi connectivity index (χ4n) is 3.17. The summed E-state index contributed by atoms with van der Waals surface area (Å²) in [7, 11) is 0. The van der Waals surface area contributed by atoms with Crippen LogP contribution in [0.1, 0.15) is 22.8 Å². The maximum absolute atomic E-state index is 14.3. The molecule has 128 valence electrons. The Morgan fingerprint density at radius 1 is 1.12 bits per heavy atom. The van der Waals surface area contributed by atoms with Crippen molar-refractivity contribution in [3.8, 4) is 0 Å². The van der Waals surface area contributed by atoms with E-state index in [0.717, 1.165) is 41.7 Å². The largest absolute Gasteiger partial charge is 0.472 e. The Morgan fingerprint density at radius 2 is 2.00 bits per heavy atom. The van der Waals surface area contributed by atoms with Crippen molar-refractivity contribution < 1.29 is 13.2 Å². The van der Waals surface area contributed by atoms with E-state index in [9.17, 15) is 8.78 Å². The normalized spacial score (nSPS) is 17.2. The number of anilines is 1. The van der Waals surface area contributed by atoms with E-state index >= 15 is 0 Å². The average molecular weight is 357 g/mol. The van der Waals surface area contributed by atoms with E-state index in [-0.39, 0.29) is 5.25 Å². The quantitative estimate of drug-likeness (QED) is 0.589. The molecule has 1 aromatic heterocycles. The van der Waals surface area contributed by atoms with Gasteiger partial charge < -0.3 is 9.32 Å². The van der Waals surface area contributed by atoms with Crippen LogP contribution in [-0.2, 0) is 6.54 Å². The van der Waals surface area contributed by atoms with Crippen molar-refractivity contribution in [2.45, 2.75) is 23.1 Å². The van der Waals surface area contributed by atoms with Crippen LogP contribution in [-0.4, -0.2) is 6.54 Å². The highest BCUT2D eigenvalue weighted by Gasteiger charge is 2.25. The van der Waals surface area contributed by atoms with Crippen LogP contribution < -0.4 is 4.90 Å². The molecule has 5 heteroatoms. The Hall–Kier alpha value is -2.27. The number of rotatable bonds is 3. The predicted octanol–water partition coefficient (Wildman–Crippen LogP) is 5.80. The lowest BCUT2D eigenvalue weighted by Gasteiger charge is -2.23. The summed E-state index contributed by atoms with van der Waals surface area (Å²) in [5.41, 5.74) is 2.80. The number of nitrogens with zero attached hydrogens (tertiary/aromatic N) is 1. The first kappa shape index (κ1) is 16.2. The highest BCUT2D eigenvalue weighted by molar-refractivity contribution is 7.99. The molecule has 0 fully saturated rings. The first-order chi connectivity index (χ1) is 12.2. The Balaban J connectivity index is 1.66. The van der Waals surface area contributed by atoms with Gasteiger partial charge in [0, 0.05) is 40.4 Å². The summed E-state index contributed by atoms with van der Waals surface area (Å²) in [6.45, 7) is 1.53. The SMILES string of the molecule is Fc1ccc(C2CCN(Cc3ccoc3)c3ccccc3S2)c(F)c1. The molecule has 1 aliphatic rings. The van der Waals surface area contributed by atoms with E-state index < -0.39 is 11.6 Å². The van der Waals surface area contributed by atoms with Gasteiger partial charge >= 0.3 is 0 Å². The number of halogens is 2. The van der Waals surface area contributed by atoms with Gasteiger partial charge in [-0.3, -0.25) is 0 Å². The van der Waals surface area contributed by atoms with Crippen molar-refractivity contribution in [2.75, 3.05) is 11.4 Å². The van der Waals surface area contributed by atoms with E-state index in [1.54, 1.807) is 30.4 Å². The zero-order chi connectivity index (χ0) is 17.2. The molecule has 0 amide bonds. The van der Waals surface area contributed by atoms with Gasteiger partial charge in [-0.15, -0.1) is 11.8 Å². The molecule has 1 unspecified atom stereocenters. The minimum absolute atomic E-state index is 0.0453. The standard InChI is InChI=1S/C20H17F2NOS/c21-15-5-6-16(17(22)11-15)19-7-9-23(12-14-8-10-24-13-14)18-3-1-2-4-20(18)25-19/h1-6,8,10-11,13,19H,7,9,12H2. The van der Waals surface area contributed by atoms with E-state index in [0.29, 0.717) is 5.56 Å². The van der Waals surface area contributed by atoms with Crippen LogP contribution in [0.4, 0.5) is 14.5 Å². The van der Waals surface area contributed by atoms with Crippen LogP contribution >= 0.6 is 11.8 Å². The van der Waals surface area contributed by atoms with Crippen LogP contribution in [0.3, 0.4) is 0 Å². The molecule has 0 N–H and O–H groups in total. The summed E-state index contributed by atoms with van der Waals surface area (Å²) in [4.78, 5) is 3.39. The summed E-state index contributed by atoms with van der Waals surface area (Å²) >= 11 is 1.64. The Labute approximate surface area is 149 Å². The highest BCUT2D eigenvalue weighted by Crippen LogP contribution is 2.46. The molecule has 0 radical (unpaired) electrons. The number of para-hydroxylation sites is 1. The molecule has 4 rings (SSSR count). The van der Waals surface area contributed by atoms with Crippen molar-refractivity contribution >= 4 is 17.4 Å². The molecule has 2 aromatic carbocycles. The van der Waals surface area contributed by atoms with Crippen molar-refractivity contribution in [3.63, 3.8) is 0 Å². The van der Waals surface area contributed by atoms with E-state index in [4.69, 9.17) is 4.42 Å². The molecule has 1 aliphatic heterocycles. The Morgan fingerprint density at radius 3 is 2.80 bits per heavy atom. The second-order valence-corrected chi connectivity index (χ2v) is 7.33. The Bertz CT molecular complexity index is 866. The number of hydrogen-bond acceptors (Lipinski definition) is 3. The van der Waals surface area contributed by atoms with E-state index in [1.807, 2.05) is 18.2 Å². The lowest BCUT2D eigenvalue weighted by atomic mass is 10.1. The minimum atomic E-state index is -0.540. The molecule has 2 heterocycles. The molecular formula is C20H17F2NOS. The summed E-state index contributed by atoms with van der Waals surface area (Å²) in [5.74, 6) is -1.01. The lowest BCUT2D eigenvalue weighted by Crippen LogP contribution is -2.23. The molecule has 0 saturated carbocycles. The Kier molecular flexibility index (Phi) is 4.49. The molecule has 0 aliphatic carbocycles. The first-order valence-corrected chi connectivity index (χ1v) is 9.05. The van der Waals surface area contributed by atoms with Crippen molar-refractivity contribution in [2.24, 2.45) is 0 Å². The summed E-state index contributed by atoms with van der Waals surface area (Å²) < 4.78 is 32.7. The summed E-state index contributed by atoms with van der Waals surface area (Å²) in [5, 5.41) is -0.0453. The van der Waals surface area contributed by atoms with Crippen molar-refractivity contribution in [1.82, 2.24) is 0 Å². The molecule has 2 nitrogen and oxygen atoms in total. The molecule has 1 atom stereocenters. The molecule has 3 aromatic rings. The third-order valence-corrected chi connectivity index (χ3v) is 5.77. The van der Waals surface area contributed by atoms with Gasteiger partial charge in [0.05, 0.1) is 18.2 Å². The maximum Gasteiger partial charge on any atom is 0.130 e. The van der Waals surface area contributed by atoms with Crippen molar-refractivity contribution in [3.05, 3.63) is 83.8 Å². The number of thioether (sulfide) groups is 1. The maximum atomic E-state index is 14.3. The monoisotopic (exact) mass is 357 g/mol. The number of furan rings is 1. The third-order valence-electron chi connectivity index (χ3n) is 4.40. The topological polar surface area (TPSA) is 16.4 Å². The number of hydrogen-bond donors (Lipinski definition) is 0. The smallest absolute Gasteiger partial charge is 0.130 e. The minimum Gasteiger partial charge on any atom is -0.472 e. The first-order valence-electron chi connectivity index (χ1n) is 8.17. The molecule has 0 saturated heterocycles. The van der Waals surface area contributed by atoms with Gasteiger partial charge in [0.2, 0.25) is 0 Å². The van der Waals surface area contributed by atoms with Crippen LogP contribution in [0.5, 0.6) is 0 Å². The zero-order valence-corrected chi connectivity index (χ0v) is 14.3. The van der Waals surface area contributed by atoms with E-state index in [2.05, 4.69) is 17.0 Å². The van der Waals surface area contributed by atoms with Crippen LogP contribution in [0.2, 0.25) is 0 Å². The summed E-state index contributed by atoms with van der Waals surface area (Å²) in [6, 6.07) is 14.0. The van der Waals surface area contributed by atoms with Crippen LogP contribution in [0, 0.1) is 11.6 Å². The third kappa shape index (κ3) is 3.42. The molecular weight excluding hydrogens is 340 g/mol. The molecule has 0 spiro atoms. The lowest BCUT2D eigenvalue weighted by molar-refractivity contribution is 0.561. The van der Waals surface area contributed by atoms with Crippen LogP contribution in [0.15, 0.2) is 70.4 Å². The van der Waals surface area contributed by atoms with Crippen molar-refractivity contribution in [1.29, 1.82) is 0 Å². The molecule has 25 heavy (non-hydrogen) atoms. The second-order valence-electron chi connectivity index (χ2n) is 6.08. The van der Waals surface area contributed by atoms with Gasteiger partial charge in [-0.25, -0.2) is 8.78 Å². The fourth-order valence-corrected chi connectivity index (χ4v) is 4.50. The van der Waals surface area contributed by atoms with Gasteiger partial charge in [-0.1, -0.05) is 18.2 Å². The second kappa shape index (κ2) is 6.92. The predicted molar refractivity (Wildman–Crippen MR) is 95.8 cm³/mol. The van der Waals surface area contributed by atoms with E-state index in [1.165, 1.54) is 6.07 Å². The van der Waals surface area contributed by atoms with Gasteiger partial charge in [0.15, 0.2) is 0 Å². The molecule has 0 bridgehead atoms. The fraction of sp³-hybridized carbons (Fsp3) is 0.200. The van der Waals surface area contributed by atoms with Gasteiger partial charge in [-0.05, 0) is 30.7 Å². The highest BCUT2D eigenvalue weighted by atomic mass is 32.2. The number of benzene rings is 2.